The van der Waals surface area contributed by atoms with Gasteiger partial charge in [0.2, 0.25) is 6.41 Å². The summed E-state index contributed by atoms with van der Waals surface area (Å²) in [5.74, 6) is 0.836. The average molecular weight is 337 g/mol. The summed E-state index contributed by atoms with van der Waals surface area (Å²) in [5.41, 5.74) is 6.71. The molecule has 1 amide bonds. The van der Waals surface area contributed by atoms with E-state index >= 15 is 0 Å². The van der Waals surface area contributed by atoms with Gasteiger partial charge in [0, 0.05) is 11.3 Å². The van der Waals surface area contributed by atoms with E-state index in [4.69, 9.17) is 0 Å². The Morgan fingerprint density at radius 3 is 2.24 bits per heavy atom. The summed E-state index contributed by atoms with van der Waals surface area (Å²) in [6, 6.07) is 8.51. The molecular weight excluding hydrogens is 310 g/mol. The Bertz CT molecular complexity index is 787. The zero-order valence-corrected chi connectivity index (χ0v) is 15.7. The third-order valence-corrected chi connectivity index (χ3v) is 4.84. The van der Waals surface area contributed by atoms with Crippen LogP contribution in [0.4, 0.5) is 5.69 Å². The van der Waals surface area contributed by atoms with Crippen LogP contribution in [0.2, 0.25) is 0 Å². The van der Waals surface area contributed by atoms with Crippen molar-refractivity contribution in [2.45, 2.75) is 47.0 Å². The molecule has 25 heavy (non-hydrogen) atoms. The zero-order chi connectivity index (χ0) is 18.6. The lowest BCUT2D eigenvalue weighted by atomic mass is 9.94. The molecule has 0 spiro atoms. The predicted molar refractivity (Wildman–Crippen MR) is 105 cm³/mol. The fourth-order valence-corrected chi connectivity index (χ4v) is 3.03. The first-order valence-electron chi connectivity index (χ1n) is 8.65. The Balaban J connectivity index is 2.26. The number of hydrogen-bond donors (Lipinski definition) is 2. The summed E-state index contributed by atoms with van der Waals surface area (Å²) in [6.07, 6.45) is 5.40. The number of aromatic hydroxyl groups is 1. The van der Waals surface area contributed by atoms with Crippen LogP contribution in [-0.4, -0.2) is 11.5 Å². The lowest BCUT2D eigenvalue weighted by Crippen LogP contribution is -2.04. The molecule has 0 saturated carbocycles. The number of carbonyl (C=O) groups excluding carboxylic acids is 1. The topological polar surface area (TPSA) is 49.3 Å². The quantitative estimate of drug-likeness (QED) is 0.557. The standard InChI is InChI=1S/C22H27NO2/c1-14(2)19-11-9-18(10-12-19)7-6-8-20-17(5)21(23-13-24)15(3)16(4)22(20)25/h6-7,9-14,25H,8H2,1-5H3,(H,23,24). The van der Waals surface area contributed by atoms with E-state index < -0.39 is 0 Å². The fraction of sp³-hybridized carbons (Fsp3) is 0.318. The molecule has 0 saturated heterocycles. The molecule has 3 nitrogen and oxygen atoms in total. The Hall–Kier alpha value is -2.55. The molecule has 2 N–H and O–H groups in total. The number of anilines is 1. The van der Waals surface area contributed by atoms with Crippen LogP contribution in [0.3, 0.4) is 0 Å². The summed E-state index contributed by atoms with van der Waals surface area (Å²) < 4.78 is 0. The van der Waals surface area contributed by atoms with Crippen molar-refractivity contribution in [2.24, 2.45) is 0 Å². The van der Waals surface area contributed by atoms with Crippen LogP contribution in [0.5, 0.6) is 5.75 Å². The molecule has 2 aromatic carbocycles. The van der Waals surface area contributed by atoms with Crippen LogP contribution >= 0.6 is 0 Å². The second-order valence-corrected chi connectivity index (χ2v) is 6.77. The molecule has 132 valence electrons. The van der Waals surface area contributed by atoms with Gasteiger partial charge in [-0.15, -0.1) is 0 Å². The minimum Gasteiger partial charge on any atom is -0.507 e. The largest absolute Gasteiger partial charge is 0.507 e. The molecule has 2 rings (SSSR count). The summed E-state index contributed by atoms with van der Waals surface area (Å²) in [6.45, 7) is 10.1. The molecule has 0 aliphatic heterocycles. The summed E-state index contributed by atoms with van der Waals surface area (Å²) >= 11 is 0. The number of allylic oxidation sites excluding steroid dienone is 1. The monoisotopic (exact) mass is 337 g/mol. The van der Waals surface area contributed by atoms with Crippen molar-refractivity contribution in [3.05, 3.63) is 63.7 Å². The van der Waals surface area contributed by atoms with Crippen LogP contribution in [0, 0.1) is 20.8 Å². The van der Waals surface area contributed by atoms with Crippen LogP contribution < -0.4 is 5.32 Å². The van der Waals surface area contributed by atoms with Gasteiger partial charge in [0.15, 0.2) is 0 Å². The third kappa shape index (κ3) is 4.11. The van der Waals surface area contributed by atoms with E-state index in [1.165, 1.54) is 5.56 Å². The maximum atomic E-state index is 10.9. The first kappa shape index (κ1) is 18.8. The Kier molecular flexibility index (Phi) is 6.02. The zero-order valence-electron chi connectivity index (χ0n) is 15.7. The molecule has 0 bridgehead atoms. The van der Waals surface area contributed by atoms with E-state index in [-0.39, 0.29) is 0 Å². The number of amides is 1. The highest BCUT2D eigenvalue weighted by atomic mass is 16.3. The van der Waals surface area contributed by atoms with Gasteiger partial charge in [0.25, 0.3) is 0 Å². The van der Waals surface area contributed by atoms with Crippen molar-refractivity contribution < 1.29 is 9.90 Å². The van der Waals surface area contributed by atoms with Crippen molar-refractivity contribution in [1.82, 2.24) is 0 Å². The van der Waals surface area contributed by atoms with E-state index in [2.05, 4.69) is 49.5 Å². The van der Waals surface area contributed by atoms with E-state index in [1.807, 2.05) is 26.8 Å². The minimum absolute atomic E-state index is 0.311. The number of hydrogen-bond acceptors (Lipinski definition) is 2. The van der Waals surface area contributed by atoms with Gasteiger partial charge in [0.05, 0.1) is 0 Å². The molecule has 0 heterocycles. The summed E-state index contributed by atoms with van der Waals surface area (Å²) in [4.78, 5) is 10.9. The lowest BCUT2D eigenvalue weighted by molar-refractivity contribution is -0.105. The molecule has 0 aliphatic rings. The molecule has 0 unspecified atom stereocenters. The van der Waals surface area contributed by atoms with E-state index in [0.717, 1.165) is 33.5 Å². The first-order chi connectivity index (χ1) is 11.9. The molecule has 0 atom stereocenters. The SMILES string of the molecule is Cc1c(C)c(NC=O)c(C)c(CC=Cc2ccc(C(C)C)cc2)c1O. The van der Waals surface area contributed by atoms with Crippen LogP contribution in [0.1, 0.15) is 53.1 Å². The van der Waals surface area contributed by atoms with Gasteiger partial charge >= 0.3 is 0 Å². The van der Waals surface area contributed by atoms with Crippen molar-refractivity contribution in [2.75, 3.05) is 5.32 Å². The van der Waals surface area contributed by atoms with Gasteiger partial charge in [-0.25, -0.2) is 0 Å². The van der Waals surface area contributed by atoms with Crippen molar-refractivity contribution in [3.63, 3.8) is 0 Å². The van der Waals surface area contributed by atoms with Crippen molar-refractivity contribution in [3.8, 4) is 5.75 Å². The highest BCUT2D eigenvalue weighted by Gasteiger charge is 2.15. The van der Waals surface area contributed by atoms with E-state index in [1.54, 1.807) is 0 Å². The predicted octanol–water partition coefficient (Wildman–Crippen LogP) is 5.27. The minimum atomic E-state index is 0.311. The highest BCUT2D eigenvalue weighted by molar-refractivity contribution is 5.79. The highest BCUT2D eigenvalue weighted by Crippen LogP contribution is 2.35. The van der Waals surface area contributed by atoms with Gasteiger partial charge < -0.3 is 10.4 Å². The Labute approximate surface area is 150 Å². The number of benzene rings is 2. The maximum absolute atomic E-state index is 10.9. The van der Waals surface area contributed by atoms with Gasteiger partial charge in [-0.3, -0.25) is 4.79 Å². The van der Waals surface area contributed by atoms with Crippen LogP contribution in [-0.2, 0) is 11.2 Å². The normalized spacial score (nSPS) is 11.3. The van der Waals surface area contributed by atoms with Crippen LogP contribution in [0.25, 0.3) is 6.08 Å². The smallest absolute Gasteiger partial charge is 0.211 e. The number of phenolic OH excluding ortho intramolecular Hbond substituents is 1. The average Bonchev–Trinajstić information content (AvgIpc) is 2.60. The molecule has 0 fully saturated rings. The van der Waals surface area contributed by atoms with Crippen molar-refractivity contribution in [1.29, 1.82) is 0 Å². The van der Waals surface area contributed by atoms with E-state index in [0.29, 0.717) is 24.5 Å². The number of rotatable bonds is 6. The second kappa shape index (κ2) is 8.02. The number of phenols is 1. The van der Waals surface area contributed by atoms with Gasteiger partial charge in [-0.05, 0) is 60.9 Å². The molecule has 0 aromatic heterocycles. The van der Waals surface area contributed by atoms with Crippen LogP contribution in [0.15, 0.2) is 30.3 Å². The number of carbonyl (C=O) groups is 1. The molecular formula is C22H27NO2. The summed E-state index contributed by atoms with van der Waals surface area (Å²) in [7, 11) is 0. The van der Waals surface area contributed by atoms with Gasteiger partial charge in [-0.1, -0.05) is 50.3 Å². The van der Waals surface area contributed by atoms with Gasteiger partial charge in [-0.2, -0.15) is 0 Å². The molecule has 3 heteroatoms. The van der Waals surface area contributed by atoms with Gasteiger partial charge in [0.1, 0.15) is 5.75 Å². The Morgan fingerprint density at radius 1 is 1.04 bits per heavy atom. The first-order valence-corrected chi connectivity index (χ1v) is 8.65. The Morgan fingerprint density at radius 2 is 1.68 bits per heavy atom. The number of nitrogens with one attached hydrogen (secondary N) is 1. The molecule has 0 aliphatic carbocycles. The second-order valence-electron chi connectivity index (χ2n) is 6.77. The van der Waals surface area contributed by atoms with E-state index in [9.17, 15) is 9.90 Å². The fourth-order valence-electron chi connectivity index (χ4n) is 3.03. The van der Waals surface area contributed by atoms with Crippen molar-refractivity contribution >= 4 is 18.2 Å². The summed E-state index contributed by atoms with van der Waals surface area (Å²) in [5, 5.41) is 13.3. The third-order valence-electron chi connectivity index (χ3n) is 4.84. The maximum Gasteiger partial charge on any atom is 0.211 e. The molecule has 2 aromatic rings. The molecule has 0 radical (unpaired) electrons. The lowest BCUT2D eigenvalue weighted by Gasteiger charge is -2.17.